The summed E-state index contributed by atoms with van der Waals surface area (Å²) in [7, 11) is -1.76. The number of hydrogen-bond donors (Lipinski definition) is 0. The summed E-state index contributed by atoms with van der Waals surface area (Å²) in [5.74, 6) is 4.05. The number of fused-ring (bicyclic) bond motifs is 5. The summed E-state index contributed by atoms with van der Waals surface area (Å²) in [4.78, 5) is 0. The van der Waals surface area contributed by atoms with Crippen molar-refractivity contribution in [3.63, 3.8) is 0 Å². The van der Waals surface area contributed by atoms with Gasteiger partial charge in [0.1, 0.15) is 5.60 Å². The van der Waals surface area contributed by atoms with Crippen molar-refractivity contribution in [2.45, 2.75) is 110 Å². The van der Waals surface area contributed by atoms with Crippen LogP contribution < -0.4 is 0 Å². The van der Waals surface area contributed by atoms with Gasteiger partial charge in [0.25, 0.3) is 0 Å². The second-order valence-electron chi connectivity index (χ2n) is 12.5. The third-order valence-corrected chi connectivity index (χ3v) is 11.0. The summed E-state index contributed by atoms with van der Waals surface area (Å²) in [6.45, 7) is 14.0. The molecule has 0 spiro atoms. The number of hydrogen-bond acceptors (Lipinski definition) is 2. The molecule has 4 fully saturated rings. The zero-order valence-corrected chi connectivity index (χ0v) is 20.3. The maximum absolute atomic E-state index is 10.2. The van der Waals surface area contributed by atoms with E-state index in [1.54, 1.807) is 0 Å². The third kappa shape index (κ3) is 3.13. The molecule has 3 heteroatoms. The highest BCUT2D eigenvalue weighted by molar-refractivity contribution is 6.69. The molecule has 4 aliphatic carbocycles. The molecule has 0 radical (unpaired) electrons. The van der Waals surface area contributed by atoms with E-state index >= 15 is 0 Å². The molecule has 0 aromatic rings. The lowest BCUT2D eigenvalue weighted by Crippen LogP contribution is -2.55. The van der Waals surface area contributed by atoms with Crippen LogP contribution in [0, 0.1) is 51.8 Å². The summed E-state index contributed by atoms with van der Waals surface area (Å²) in [5, 5.41) is 10.2. The fourth-order valence-corrected chi connectivity index (χ4v) is 10.5. The Kier molecular flexibility index (Phi) is 5.11. The molecule has 158 valence electrons. The van der Waals surface area contributed by atoms with Crippen molar-refractivity contribution in [1.29, 1.82) is 5.26 Å². The molecule has 2 nitrogen and oxygen atoms in total. The molecule has 0 aromatic carbocycles. The van der Waals surface area contributed by atoms with Crippen molar-refractivity contribution < 1.29 is 4.43 Å². The van der Waals surface area contributed by atoms with E-state index in [2.05, 4.69) is 46.5 Å². The number of nitriles is 1. The average molecular weight is 402 g/mol. The van der Waals surface area contributed by atoms with Crippen LogP contribution in [0.2, 0.25) is 19.6 Å². The van der Waals surface area contributed by atoms with Crippen LogP contribution in [0.4, 0.5) is 0 Å². The Balaban J connectivity index is 1.61. The third-order valence-electron chi connectivity index (χ3n) is 9.99. The van der Waals surface area contributed by atoms with Gasteiger partial charge in [-0.3, -0.25) is 0 Å². The maximum Gasteiger partial charge on any atom is 0.185 e. The molecule has 0 unspecified atom stereocenters. The smallest absolute Gasteiger partial charge is 0.185 e. The first kappa shape index (κ1) is 20.9. The second-order valence-corrected chi connectivity index (χ2v) is 16.9. The Morgan fingerprint density at radius 1 is 0.893 bits per heavy atom. The largest absolute Gasteiger partial charge is 0.400 e. The van der Waals surface area contributed by atoms with E-state index in [1.807, 2.05) is 0 Å². The zero-order chi connectivity index (χ0) is 20.4. The van der Waals surface area contributed by atoms with Crippen molar-refractivity contribution in [2.24, 2.45) is 40.4 Å². The first-order valence-electron chi connectivity index (χ1n) is 12.1. The lowest BCUT2D eigenvalue weighted by atomic mass is 9.44. The van der Waals surface area contributed by atoms with E-state index < -0.39 is 13.9 Å². The van der Waals surface area contributed by atoms with Gasteiger partial charge < -0.3 is 4.43 Å². The summed E-state index contributed by atoms with van der Waals surface area (Å²) in [6, 6.07) is 2.67. The maximum atomic E-state index is 10.2. The normalized spacial score (nSPS) is 48.0. The van der Waals surface area contributed by atoms with E-state index in [9.17, 15) is 5.26 Å². The summed E-state index contributed by atoms with van der Waals surface area (Å²) >= 11 is 0. The highest BCUT2D eigenvalue weighted by Gasteiger charge is 2.63. The Morgan fingerprint density at radius 3 is 2.29 bits per heavy atom. The van der Waals surface area contributed by atoms with Crippen LogP contribution in [0.3, 0.4) is 0 Å². The van der Waals surface area contributed by atoms with Crippen molar-refractivity contribution in [3.05, 3.63) is 0 Å². The van der Waals surface area contributed by atoms with Crippen LogP contribution in [-0.2, 0) is 4.43 Å². The molecule has 0 aliphatic heterocycles. The van der Waals surface area contributed by atoms with Gasteiger partial charge >= 0.3 is 0 Å². The highest BCUT2D eigenvalue weighted by atomic mass is 28.4. The number of rotatable bonds is 3. The van der Waals surface area contributed by atoms with Crippen molar-refractivity contribution in [3.8, 4) is 6.07 Å². The van der Waals surface area contributed by atoms with Crippen molar-refractivity contribution in [1.82, 2.24) is 0 Å². The Labute approximate surface area is 174 Å². The molecule has 8 atom stereocenters. The van der Waals surface area contributed by atoms with E-state index in [0.717, 1.165) is 23.7 Å². The second kappa shape index (κ2) is 6.84. The molecule has 4 saturated carbocycles. The molecule has 28 heavy (non-hydrogen) atoms. The lowest BCUT2D eigenvalue weighted by molar-refractivity contribution is -0.123. The SMILES string of the molecule is C[C@]12CCCC[C@@H]1CC[C@@H]1[C@@H]2CC[C@@]2(C)[C@H]1CC[C@@H]2[C@](C)(C#N)O[Si](C)(C)C. The molecule has 0 bridgehead atoms. The van der Waals surface area contributed by atoms with Gasteiger partial charge in [-0.1, -0.05) is 26.7 Å². The van der Waals surface area contributed by atoms with Crippen LogP contribution in [0.1, 0.15) is 85.0 Å². The molecule has 0 amide bonds. The average Bonchev–Trinajstić information content (AvgIpc) is 2.97. The van der Waals surface area contributed by atoms with E-state index in [0.29, 0.717) is 16.7 Å². The fraction of sp³-hybridized carbons (Fsp3) is 0.960. The van der Waals surface area contributed by atoms with Crippen LogP contribution in [-0.4, -0.2) is 13.9 Å². The molecular formula is C25H43NOSi. The molecule has 0 aromatic heterocycles. The van der Waals surface area contributed by atoms with E-state index in [1.165, 1.54) is 64.2 Å². The topological polar surface area (TPSA) is 33.0 Å². The van der Waals surface area contributed by atoms with Crippen molar-refractivity contribution >= 4 is 8.32 Å². The minimum atomic E-state index is -1.76. The Bertz CT molecular complexity index is 650. The predicted molar refractivity (Wildman–Crippen MR) is 118 cm³/mol. The van der Waals surface area contributed by atoms with Crippen LogP contribution in [0.15, 0.2) is 0 Å². The van der Waals surface area contributed by atoms with Crippen LogP contribution >= 0.6 is 0 Å². The summed E-state index contributed by atoms with van der Waals surface area (Å²) < 4.78 is 6.59. The van der Waals surface area contributed by atoms with Gasteiger partial charge in [0.15, 0.2) is 8.32 Å². The van der Waals surface area contributed by atoms with Gasteiger partial charge in [0.05, 0.1) is 6.07 Å². The molecular weight excluding hydrogens is 358 g/mol. The van der Waals surface area contributed by atoms with E-state index in [4.69, 9.17) is 4.43 Å². The van der Waals surface area contributed by atoms with Gasteiger partial charge in [-0.25, -0.2) is 0 Å². The minimum absolute atomic E-state index is 0.295. The first-order valence-corrected chi connectivity index (χ1v) is 15.6. The van der Waals surface area contributed by atoms with Crippen molar-refractivity contribution in [2.75, 3.05) is 0 Å². The molecule has 4 rings (SSSR count). The molecule has 0 N–H and O–H groups in total. The van der Waals surface area contributed by atoms with Gasteiger partial charge in [-0.15, -0.1) is 0 Å². The van der Waals surface area contributed by atoms with Gasteiger partial charge in [-0.2, -0.15) is 5.26 Å². The summed E-state index contributed by atoms with van der Waals surface area (Å²) in [6.07, 6.45) is 14.0. The minimum Gasteiger partial charge on any atom is -0.400 e. The fourth-order valence-electron chi connectivity index (χ4n) is 9.01. The monoisotopic (exact) mass is 401 g/mol. The van der Waals surface area contributed by atoms with Crippen LogP contribution in [0.25, 0.3) is 0 Å². The quantitative estimate of drug-likeness (QED) is 0.470. The molecule has 0 saturated heterocycles. The lowest BCUT2D eigenvalue weighted by Gasteiger charge is -2.61. The summed E-state index contributed by atoms with van der Waals surface area (Å²) in [5.41, 5.74) is 0.295. The standard InChI is InChI=1S/C25H43NOSi/c1-23-15-8-7-9-18(23)10-11-19-20-12-13-22(24(20,2)16-14-21(19)23)25(3,17-26)27-28(4,5)6/h18-22H,7-16H2,1-6H3/t18-,19+,20+,21+,22+,23+,24+,25+/m1/s1. The van der Waals surface area contributed by atoms with Gasteiger partial charge in [-0.05, 0) is 112 Å². The Hall–Kier alpha value is -0.333. The van der Waals surface area contributed by atoms with Gasteiger partial charge in [0.2, 0.25) is 0 Å². The molecule has 0 heterocycles. The first-order chi connectivity index (χ1) is 13.0. The molecule has 4 aliphatic rings. The van der Waals surface area contributed by atoms with Crippen LogP contribution in [0.5, 0.6) is 0 Å². The zero-order valence-electron chi connectivity index (χ0n) is 19.3. The predicted octanol–water partition coefficient (Wildman–Crippen LogP) is 7.17. The highest BCUT2D eigenvalue weighted by Crippen LogP contribution is 2.68. The Morgan fingerprint density at radius 2 is 1.61 bits per heavy atom. The van der Waals surface area contributed by atoms with Gasteiger partial charge in [0, 0.05) is 5.92 Å². The number of nitrogens with zero attached hydrogens (tertiary/aromatic N) is 1. The van der Waals surface area contributed by atoms with E-state index in [-0.39, 0.29) is 0 Å².